The van der Waals surface area contributed by atoms with Crippen molar-refractivity contribution < 1.29 is 27.8 Å². The Morgan fingerprint density at radius 2 is 1.71 bits per heavy atom. The molecule has 0 aliphatic rings. The molecule has 3 nitrogen and oxygen atoms in total. The van der Waals surface area contributed by atoms with Crippen molar-refractivity contribution in [2.24, 2.45) is 0 Å². The van der Waals surface area contributed by atoms with Gasteiger partial charge in [0.25, 0.3) is 0 Å². The third-order valence-corrected chi connectivity index (χ3v) is 1.79. The first-order valence-electron chi connectivity index (χ1n) is 4.66. The van der Waals surface area contributed by atoms with Crippen molar-refractivity contribution in [2.45, 2.75) is 12.8 Å². The van der Waals surface area contributed by atoms with Crippen LogP contribution in [0.15, 0.2) is 18.2 Å². The normalized spacial score (nSPS) is 10.5. The van der Waals surface area contributed by atoms with Crippen LogP contribution in [0.2, 0.25) is 0 Å². The molecule has 0 aromatic heterocycles. The molecule has 1 aromatic carbocycles. The predicted octanol–water partition coefficient (Wildman–Crippen LogP) is 2.47. The molecule has 0 bridgehead atoms. The molecular formula is C11H15F3O3. The summed E-state index contributed by atoms with van der Waals surface area (Å²) in [4.78, 5) is 0. The van der Waals surface area contributed by atoms with Gasteiger partial charge >= 0.3 is 6.18 Å². The van der Waals surface area contributed by atoms with Crippen LogP contribution in [-0.4, -0.2) is 26.4 Å². The van der Waals surface area contributed by atoms with Crippen LogP contribution in [0.4, 0.5) is 13.2 Å². The highest BCUT2D eigenvalue weighted by molar-refractivity contribution is 5.42. The molecule has 1 rings (SSSR count). The molecular weight excluding hydrogens is 237 g/mol. The smallest absolute Gasteiger partial charge is 0.420 e. The van der Waals surface area contributed by atoms with Gasteiger partial charge in [-0.3, -0.25) is 0 Å². The Hall–Kier alpha value is -1.27. The zero-order valence-corrected chi connectivity index (χ0v) is 9.84. The lowest BCUT2D eigenvalue weighted by Crippen LogP contribution is -2.11. The largest absolute Gasteiger partial charge is 0.496 e. The number of aliphatic hydroxyl groups is 1. The number of benzene rings is 1. The Morgan fingerprint density at radius 3 is 2.06 bits per heavy atom. The summed E-state index contributed by atoms with van der Waals surface area (Å²) in [6, 6.07) is 3.83. The second kappa shape index (κ2) is 7.13. The fraction of sp³-hybridized carbons (Fsp3) is 0.455. The quantitative estimate of drug-likeness (QED) is 0.878. The summed E-state index contributed by atoms with van der Waals surface area (Å²) in [6.07, 6.45) is -4.51. The third-order valence-electron chi connectivity index (χ3n) is 1.79. The maximum atomic E-state index is 12.5. The van der Waals surface area contributed by atoms with Gasteiger partial charge in [0.15, 0.2) is 0 Å². The summed E-state index contributed by atoms with van der Waals surface area (Å²) in [5, 5.41) is 8.75. The molecule has 0 spiro atoms. The van der Waals surface area contributed by atoms with Crippen LogP contribution >= 0.6 is 0 Å². The first-order valence-corrected chi connectivity index (χ1v) is 4.66. The molecule has 0 saturated heterocycles. The van der Waals surface area contributed by atoms with Crippen molar-refractivity contribution in [3.05, 3.63) is 29.3 Å². The van der Waals surface area contributed by atoms with Crippen molar-refractivity contribution in [3.63, 3.8) is 0 Å². The van der Waals surface area contributed by atoms with Gasteiger partial charge < -0.3 is 14.6 Å². The second-order valence-electron chi connectivity index (χ2n) is 3.06. The van der Waals surface area contributed by atoms with Crippen LogP contribution < -0.4 is 4.74 Å². The molecule has 17 heavy (non-hydrogen) atoms. The minimum Gasteiger partial charge on any atom is -0.496 e. The first kappa shape index (κ1) is 15.7. The Balaban J connectivity index is 0.000000770. The van der Waals surface area contributed by atoms with Gasteiger partial charge in [0.05, 0.1) is 13.7 Å². The van der Waals surface area contributed by atoms with Gasteiger partial charge in [-0.2, -0.15) is 13.2 Å². The summed E-state index contributed by atoms with van der Waals surface area (Å²) in [5.74, 6) is -0.274. The highest BCUT2D eigenvalue weighted by atomic mass is 19.4. The van der Waals surface area contributed by atoms with Crippen LogP contribution in [0.25, 0.3) is 0 Å². The van der Waals surface area contributed by atoms with Crippen molar-refractivity contribution >= 4 is 0 Å². The molecule has 6 heteroatoms. The van der Waals surface area contributed by atoms with Crippen LogP contribution in [-0.2, 0) is 17.5 Å². The number of hydrogen-bond acceptors (Lipinski definition) is 3. The van der Waals surface area contributed by atoms with E-state index in [0.29, 0.717) is 0 Å². The fourth-order valence-corrected chi connectivity index (χ4v) is 1.20. The zero-order chi connectivity index (χ0) is 13.5. The molecule has 0 aliphatic carbocycles. The van der Waals surface area contributed by atoms with Gasteiger partial charge in [0.1, 0.15) is 11.3 Å². The number of halogens is 3. The van der Waals surface area contributed by atoms with Crippen LogP contribution in [0.1, 0.15) is 11.1 Å². The van der Waals surface area contributed by atoms with Crippen molar-refractivity contribution in [3.8, 4) is 5.75 Å². The Bertz CT molecular complexity index is 315. The first-order chi connectivity index (χ1) is 7.92. The molecule has 0 fully saturated rings. The van der Waals surface area contributed by atoms with Crippen LogP contribution in [0, 0.1) is 0 Å². The maximum Gasteiger partial charge on any atom is 0.420 e. The van der Waals surface area contributed by atoms with Crippen LogP contribution in [0.3, 0.4) is 0 Å². The van der Waals surface area contributed by atoms with E-state index in [1.807, 2.05) is 0 Å². The minimum absolute atomic E-state index is 0.183. The molecule has 0 atom stereocenters. The number of methoxy groups -OCH3 is 2. The lowest BCUT2D eigenvalue weighted by Gasteiger charge is -2.14. The summed E-state index contributed by atoms with van der Waals surface area (Å²) < 4.78 is 46.3. The number of rotatable bonds is 2. The van der Waals surface area contributed by atoms with Gasteiger partial charge in [-0.25, -0.2) is 0 Å². The lowest BCUT2D eigenvalue weighted by molar-refractivity contribution is -0.139. The highest BCUT2D eigenvalue weighted by Gasteiger charge is 2.36. The maximum absolute atomic E-state index is 12.5. The Labute approximate surface area is 97.8 Å². The summed E-state index contributed by atoms with van der Waals surface area (Å²) >= 11 is 0. The van der Waals surface area contributed by atoms with E-state index in [-0.39, 0.29) is 11.3 Å². The minimum atomic E-state index is -4.51. The standard InChI is InChI=1S/C9H9F3O2.C2H6O/c1-14-7-4-2-3-6(5-13)8(7)9(10,11)12;1-3-2/h2-4,13H,5H2,1H3;1-2H3. The van der Waals surface area contributed by atoms with E-state index in [1.54, 1.807) is 14.2 Å². The Morgan fingerprint density at radius 1 is 1.18 bits per heavy atom. The fourth-order valence-electron chi connectivity index (χ4n) is 1.20. The zero-order valence-electron chi connectivity index (χ0n) is 9.84. The third kappa shape index (κ3) is 4.62. The van der Waals surface area contributed by atoms with E-state index in [1.165, 1.54) is 18.2 Å². The van der Waals surface area contributed by atoms with Gasteiger partial charge in [-0.1, -0.05) is 12.1 Å². The monoisotopic (exact) mass is 252 g/mol. The summed E-state index contributed by atoms with van der Waals surface area (Å²) in [7, 11) is 4.41. The molecule has 0 radical (unpaired) electrons. The van der Waals surface area contributed by atoms with E-state index >= 15 is 0 Å². The molecule has 0 heterocycles. The topological polar surface area (TPSA) is 38.7 Å². The number of aliphatic hydroxyl groups excluding tert-OH is 1. The van der Waals surface area contributed by atoms with Crippen molar-refractivity contribution in [1.82, 2.24) is 0 Å². The van der Waals surface area contributed by atoms with E-state index in [2.05, 4.69) is 9.47 Å². The van der Waals surface area contributed by atoms with Gasteiger partial charge in [0, 0.05) is 14.2 Å². The van der Waals surface area contributed by atoms with Crippen molar-refractivity contribution in [1.29, 1.82) is 0 Å². The number of ether oxygens (including phenoxy) is 2. The predicted molar refractivity (Wildman–Crippen MR) is 56.9 cm³/mol. The average Bonchev–Trinajstić information content (AvgIpc) is 2.27. The van der Waals surface area contributed by atoms with Gasteiger partial charge in [-0.05, 0) is 11.6 Å². The lowest BCUT2D eigenvalue weighted by atomic mass is 10.1. The molecule has 0 aliphatic heterocycles. The number of hydrogen-bond donors (Lipinski definition) is 1. The van der Waals surface area contributed by atoms with Gasteiger partial charge in [-0.15, -0.1) is 0 Å². The summed E-state index contributed by atoms with van der Waals surface area (Å²) in [6.45, 7) is -0.661. The average molecular weight is 252 g/mol. The van der Waals surface area contributed by atoms with E-state index in [9.17, 15) is 13.2 Å². The molecule has 1 aromatic rings. The Kier molecular flexibility index (Phi) is 6.60. The van der Waals surface area contributed by atoms with E-state index < -0.39 is 18.3 Å². The SMILES string of the molecule is COC.COc1cccc(CO)c1C(F)(F)F. The van der Waals surface area contributed by atoms with Crippen molar-refractivity contribution in [2.75, 3.05) is 21.3 Å². The molecule has 98 valence electrons. The molecule has 0 saturated carbocycles. The number of alkyl halides is 3. The highest BCUT2D eigenvalue weighted by Crippen LogP contribution is 2.38. The molecule has 0 amide bonds. The van der Waals surface area contributed by atoms with Crippen LogP contribution in [0.5, 0.6) is 5.75 Å². The summed E-state index contributed by atoms with van der Waals surface area (Å²) in [5.41, 5.74) is -1.10. The van der Waals surface area contributed by atoms with E-state index in [4.69, 9.17) is 5.11 Å². The van der Waals surface area contributed by atoms with Gasteiger partial charge in [0.2, 0.25) is 0 Å². The molecule has 1 N–H and O–H groups in total. The van der Waals surface area contributed by atoms with E-state index in [0.717, 1.165) is 7.11 Å². The second-order valence-corrected chi connectivity index (χ2v) is 3.06. The molecule has 0 unspecified atom stereocenters.